The summed E-state index contributed by atoms with van der Waals surface area (Å²) in [4.78, 5) is 2.43. The molecule has 3 aromatic rings. The Morgan fingerprint density at radius 3 is 2.43 bits per heavy atom. The Kier molecular flexibility index (Phi) is 6.79. The summed E-state index contributed by atoms with van der Waals surface area (Å²) in [6, 6.07) is 14.3. The fraction of sp³-hybridized carbons (Fsp3) is 0.391. The third kappa shape index (κ3) is 5.08. The maximum Gasteiger partial charge on any atom is 0.192 e. The van der Waals surface area contributed by atoms with Crippen molar-refractivity contribution in [2.24, 2.45) is 0 Å². The monoisotopic (exact) mass is 428 g/mol. The topological polar surface area (TPSA) is 34.0 Å². The number of aromatic nitrogens is 3. The third-order valence-corrected chi connectivity index (χ3v) is 6.62. The third-order valence-electron chi connectivity index (χ3n) is 5.49. The van der Waals surface area contributed by atoms with Gasteiger partial charge in [0.15, 0.2) is 16.8 Å². The Bertz CT molecular complexity index is 971. The smallest absolute Gasteiger partial charge is 0.192 e. The summed E-state index contributed by atoms with van der Waals surface area (Å²) in [5, 5.41) is 9.68. The molecule has 0 radical (unpaired) electrons. The van der Waals surface area contributed by atoms with E-state index in [1.807, 2.05) is 25.1 Å². The van der Waals surface area contributed by atoms with Crippen molar-refractivity contribution < 1.29 is 8.78 Å². The lowest BCUT2D eigenvalue weighted by atomic mass is 10.1. The minimum atomic E-state index is -0.827. The molecule has 30 heavy (non-hydrogen) atoms. The van der Waals surface area contributed by atoms with Crippen molar-refractivity contribution in [1.29, 1.82) is 0 Å². The molecule has 0 saturated carbocycles. The molecule has 1 fully saturated rings. The van der Waals surface area contributed by atoms with Crippen LogP contribution >= 0.6 is 11.8 Å². The molecule has 0 amide bonds. The van der Waals surface area contributed by atoms with Crippen LogP contribution in [0.5, 0.6) is 0 Å². The molecule has 2 heterocycles. The Hall–Kier alpha value is -2.25. The highest BCUT2D eigenvalue weighted by atomic mass is 32.2. The highest BCUT2D eigenvalue weighted by Crippen LogP contribution is 2.35. The SMILES string of the molecule is C[C@H](Sc1nnc(CN2CCCCC2)n1Cc1ccccc1)c1ccc(F)c(F)c1. The average molecular weight is 429 g/mol. The van der Waals surface area contributed by atoms with Crippen molar-refractivity contribution >= 4 is 11.8 Å². The number of hydrogen-bond acceptors (Lipinski definition) is 4. The molecule has 0 unspecified atom stereocenters. The molecule has 0 N–H and O–H groups in total. The molecule has 0 spiro atoms. The molecular formula is C23H26F2N4S. The second-order valence-electron chi connectivity index (χ2n) is 7.74. The molecule has 4 rings (SSSR count). The van der Waals surface area contributed by atoms with Crippen molar-refractivity contribution in [3.8, 4) is 0 Å². The van der Waals surface area contributed by atoms with Crippen molar-refractivity contribution in [2.75, 3.05) is 13.1 Å². The van der Waals surface area contributed by atoms with Gasteiger partial charge in [0.05, 0.1) is 13.1 Å². The maximum atomic E-state index is 13.7. The zero-order chi connectivity index (χ0) is 20.9. The maximum absolute atomic E-state index is 13.7. The van der Waals surface area contributed by atoms with E-state index >= 15 is 0 Å². The van der Waals surface area contributed by atoms with Crippen molar-refractivity contribution in [3.63, 3.8) is 0 Å². The zero-order valence-corrected chi connectivity index (χ0v) is 17.9. The van der Waals surface area contributed by atoms with E-state index in [4.69, 9.17) is 0 Å². The molecule has 1 atom stereocenters. The van der Waals surface area contributed by atoms with Crippen molar-refractivity contribution in [3.05, 3.63) is 77.1 Å². The summed E-state index contributed by atoms with van der Waals surface area (Å²) in [6.07, 6.45) is 3.74. The number of thioether (sulfide) groups is 1. The predicted octanol–water partition coefficient (Wildman–Crippen LogP) is 5.44. The van der Waals surface area contributed by atoms with Gasteiger partial charge in [0, 0.05) is 5.25 Å². The van der Waals surface area contributed by atoms with E-state index < -0.39 is 11.6 Å². The Morgan fingerprint density at radius 2 is 1.70 bits per heavy atom. The molecule has 1 aromatic heterocycles. The second-order valence-corrected chi connectivity index (χ2v) is 9.05. The standard InChI is InChI=1S/C23H26F2N4S/c1-17(19-10-11-20(24)21(25)14-19)30-23-27-26-22(16-28-12-6-3-7-13-28)29(23)15-18-8-4-2-5-9-18/h2,4-5,8-11,14,17H,3,6-7,12-13,15-16H2,1H3/t17-/m0/s1. The number of nitrogens with zero attached hydrogens (tertiary/aromatic N) is 4. The Labute approximate surface area is 180 Å². The fourth-order valence-corrected chi connectivity index (χ4v) is 4.74. The Balaban J connectivity index is 1.58. The molecule has 1 aliphatic heterocycles. The van der Waals surface area contributed by atoms with Gasteiger partial charge < -0.3 is 4.57 Å². The molecule has 158 valence electrons. The first-order valence-corrected chi connectivity index (χ1v) is 11.3. The number of hydrogen-bond donors (Lipinski definition) is 0. The van der Waals surface area contributed by atoms with E-state index in [0.29, 0.717) is 6.54 Å². The Morgan fingerprint density at radius 1 is 0.933 bits per heavy atom. The number of benzene rings is 2. The second kappa shape index (κ2) is 9.71. The first-order chi connectivity index (χ1) is 14.6. The largest absolute Gasteiger partial charge is 0.300 e. The highest BCUT2D eigenvalue weighted by molar-refractivity contribution is 7.99. The first-order valence-electron chi connectivity index (χ1n) is 10.4. The fourth-order valence-electron chi connectivity index (χ4n) is 3.76. The van der Waals surface area contributed by atoms with E-state index in [0.717, 1.165) is 36.2 Å². The van der Waals surface area contributed by atoms with Crippen LogP contribution in [0.3, 0.4) is 0 Å². The van der Waals surface area contributed by atoms with Crippen molar-refractivity contribution in [2.45, 2.75) is 49.7 Å². The van der Waals surface area contributed by atoms with E-state index in [-0.39, 0.29) is 5.25 Å². The van der Waals surface area contributed by atoms with Crippen LogP contribution in [0.4, 0.5) is 8.78 Å². The van der Waals surface area contributed by atoms with Crippen LogP contribution in [0.15, 0.2) is 53.7 Å². The van der Waals surface area contributed by atoms with Crippen LogP contribution in [0.1, 0.15) is 48.4 Å². The van der Waals surface area contributed by atoms with E-state index in [2.05, 4.69) is 31.8 Å². The van der Waals surface area contributed by atoms with Gasteiger partial charge in [-0.15, -0.1) is 10.2 Å². The number of halogens is 2. The average Bonchev–Trinajstić information content (AvgIpc) is 3.12. The van der Waals surface area contributed by atoms with Crippen LogP contribution in [-0.2, 0) is 13.1 Å². The van der Waals surface area contributed by atoms with Crippen LogP contribution in [0, 0.1) is 11.6 Å². The van der Waals surface area contributed by atoms with Gasteiger partial charge in [-0.05, 0) is 56.1 Å². The van der Waals surface area contributed by atoms with Crippen LogP contribution in [-0.4, -0.2) is 32.8 Å². The highest BCUT2D eigenvalue weighted by Gasteiger charge is 2.20. The molecule has 0 bridgehead atoms. The lowest BCUT2D eigenvalue weighted by molar-refractivity contribution is 0.213. The number of likely N-dealkylation sites (tertiary alicyclic amines) is 1. The van der Waals surface area contributed by atoms with Gasteiger partial charge in [-0.25, -0.2) is 8.78 Å². The summed E-state index contributed by atoms with van der Waals surface area (Å²) in [5.41, 5.74) is 1.91. The molecule has 7 heteroatoms. The first kappa shape index (κ1) is 21.0. The summed E-state index contributed by atoms with van der Waals surface area (Å²) < 4.78 is 29.2. The lowest BCUT2D eigenvalue weighted by Crippen LogP contribution is -2.30. The zero-order valence-electron chi connectivity index (χ0n) is 17.1. The number of rotatable bonds is 7. The predicted molar refractivity (Wildman–Crippen MR) is 115 cm³/mol. The van der Waals surface area contributed by atoms with Crippen LogP contribution in [0.25, 0.3) is 0 Å². The van der Waals surface area contributed by atoms with E-state index in [9.17, 15) is 8.78 Å². The minimum Gasteiger partial charge on any atom is -0.300 e. The lowest BCUT2D eigenvalue weighted by Gasteiger charge is -2.26. The molecule has 1 saturated heterocycles. The molecule has 2 aromatic carbocycles. The molecular weight excluding hydrogens is 402 g/mol. The van der Waals surface area contributed by atoms with Gasteiger partial charge in [-0.1, -0.05) is 54.6 Å². The summed E-state index contributed by atoms with van der Waals surface area (Å²) in [7, 11) is 0. The normalized spacial score (nSPS) is 16.0. The molecule has 1 aliphatic rings. The summed E-state index contributed by atoms with van der Waals surface area (Å²) >= 11 is 1.52. The van der Waals surface area contributed by atoms with Crippen LogP contribution < -0.4 is 0 Å². The van der Waals surface area contributed by atoms with Gasteiger partial charge in [0.2, 0.25) is 0 Å². The minimum absolute atomic E-state index is 0.0818. The van der Waals surface area contributed by atoms with Gasteiger partial charge in [0.1, 0.15) is 5.82 Å². The van der Waals surface area contributed by atoms with Gasteiger partial charge >= 0.3 is 0 Å². The number of piperidine rings is 1. The van der Waals surface area contributed by atoms with Crippen molar-refractivity contribution in [1.82, 2.24) is 19.7 Å². The summed E-state index contributed by atoms with van der Waals surface area (Å²) in [6.45, 7) is 5.62. The molecule has 0 aliphatic carbocycles. The van der Waals surface area contributed by atoms with Gasteiger partial charge in [-0.3, -0.25) is 4.90 Å². The quantitative estimate of drug-likeness (QED) is 0.469. The van der Waals surface area contributed by atoms with Gasteiger partial charge in [-0.2, -0.15) is 0 Å². The van der Waals surface area contributed by atoms with Gasteiger partial charge in [0.25, 0.3) is 0 Å². The van der Waals surface area contributed by atoms with E-state index in [1.165, 1.54) is 48.7 Å². The van der Waals surface area contributed by atoms with Crippen LogP contribution in [0.2, 0.25) is 0 Å². The summed E-state index contributed by atoms with van der Waals surface area (Å²) in [5.74, 6) is -0.704. The molecule has 4 nitrogen and oxygen atoms in total. The van der Waals surface area contributed by atoms with E-state index in [1.54, 1.807) is 6.07 Å².